The van der Waals surface area contributed by atoms with Crippen molar-refractivity contribution in [3.8, 4) is 17.6 Å². The van der Waals surface area contributed by atoms with Crippen molar-refractivity contribution in [3.63, 3.8) is 0 Å². The lowest BCUT2D eigenvalue weighted by Crippen LogP contribution is -1.96. The lowest BCUT2D eigenvalue weighted by Gasteiger charge is -2.09. The van der Waals surface area contributed by atoms with Gasteiger partial charge in [-0.1, -0.05) is 0 Å². The van der Waals surface area contributed by atoms with Crippen LogP contribution in [0.5, 0.6) is 11.5 Å². The van der Waals surface area contributed by atoms with E-state index in [1.807, 2.05) is 0 Å². The number of nitro benzene ring substituents is 1. The van der Waals surface area contributed by atoms with Crippen molar-refractivity contribution in [2.75, 3.05) is 0 Å². The standard InChI is InChI=1S/C13H5BrF2N2O3/c14-9-2-1-8(18(19)20)5-12(9)21-13-10(15)3-7(6-17)4-11(13)16/h1-5H. The Kier molecular flexibility index (Phi) is 4.14. The second-order valence-electron chi connectivity index (χ2n) is 3.85. The number of nitriles is 1. The summed E-state index contributed by atoms with van der Waals surface area (Å²) in [6.07, 6.45) is 0. The Balaban J connectivity index is 2.46. The van der Waals surface area contributed by atoms with Gasteiger partial charge in [0.05, 0.1) is 27.1 Å². The van der Waals surface area contributed by atoms with Gasteiger partial charge in [-0.3, -0.25) is 10.1 Å². The van der Waals surface area contributed by atoms with Crippen LogP contribution in [-0.4, -0.2) is 4.92 Å². The molecule has 0 amide bonds. The fraction of sp³-hybridized carbons (Fsp3) is 0. The molecule has 0 unspecified atom stereocenters. The largest absolute Gasteiger partial charge is 0.450 e. The summed E-state index contributed by atoms with van der Waals surface area (Å²) < 4.78 is 32.8. The number of nitrogens with zero attached hydrogens (tertiary/aromatic N) is 2. The second kappa shape index (κ2) is 5.85. The Morgan fingerprint density at radius 3 is 2.38 bits per heavy atom. The molecule has 2 aromatic carbocycles. The minimum absolute atomic E-state index is 0.119. The van der Waals surface area contributed by atoms with Crippen LogP contribution in [-0.2, 0) is 0 Å². The fourth-order valence-corrected chi connectivity index (χ4v) is 1.84. The van der Waals surface area contributed by atoms with E-state index < -0.39 is 22.3 Å². The molecule has 0 fully saturated rings. The van der Waals surface area contributed by atoms with E-state index in [1.54, 1.807) is 6.07 Å². The highest BCUT2D eigenvalue weighted by molar-refractivity contribution is 9.10. The van der Waals surface area contributed by atoms with Crippen LogP contribution in [0, 0.1) is 33.1 Å². The molecule has 5 nitrogen and oxygen atoms in total. The lowest BCUT2D eigenvalue weighted by atomic mass is 10.2. The number of halogens is 3. The van der Waals surface area contributed by atoms with Crippen LogP contribution in [0.3, 0.4) is 0 Å². The highest BCUT2D eigenvalue weighted by Gasteiger charge is 2.17. The van der Waals surface area contributed by atoms with Gasteiger partial charge in [-0.05, 0) is 34.1 Å². The van der Waals surface area contributed by atoms with E-state index in [0.29, 0.717) is 0 Å². The minimum Gasteiger partial charge on any atom is -0.450 e. The van der Waals surface area contributed by atoms with Crippen molar-refractivity contribution in [2.45, 2.75) is 0 Å². The molecule has 0 N–H and O–H groups in total. The van der Waals surface area contributed by atoms with Crippen molar-refractivity contribution >= 4 is 21.6 Å². The monoisotopic (exact) mass is 354 g/mol. The van der Waals surface area contributed by atoms with Gasteiger partial charge in [-0.2, -0.15) is 5.26 Å². The summed E-state index contributed by atoms with van der Waals surface area (Å²) in [6, 6.07) is 6.79. The molecule has 0 saturated carbocycles. The van der Waals surface area contributed by atoms with E-state index in [0.717, 1.165) is 18.2 Å². The molecule has 0 saturated heterocycles. The summed E-state index contributed by atoms with van der Waals surface area (Å²) in [5.74, 6) is -3.02. The number of hydrogen-bond donors (Lipinski definition) is 0. The topological polar surface area (TPSA) is 76.2 Å². The highest BCUT2D eigenvalue weighted by atomic mass is 79.9. The first-order chi connectivity index (χ1) is 9.92. The highest BCUT2D eigenvalue weighted by Crippen LogP contribution is 2.35. The molecular formula is C13H5BrF2N2O3. The second-order valence-corrected chi connectivity index (χ2v) is 4.71. The number of benzene rings is 2. The fourth-order valence-electron chi connectivity index (χ4n) is 1.52. The van der Waals surface area contributed by atoms with Crippen LogP contribution in [0.4, 0.5) is 14.5 Å². The van der Waals surface area contributed by atoms with Gasteiger partial charge in [0.25, 0.3) is 5.69 Å². The number of rotatable bonds is 3. The zero-order valence-electron chi connectivity index (χ0n) is 10.1. The first-order valence-electron chi connectivity index (χ1n) is 5.43. The van der Waals surface area contributed by atoms with Crippen molar-refractivity contribution in [3.05, 3.63) is 62.1 Å². The average molecular weight is 355 g/mol. The lowest BCUT2D eigenvalue weighted by molar-refractivity contribution is -0.384. The quantitative estimate of drug-likeness (QED) is 0.608. The Bertz CT molecular complexity index is 751. The number of ether oxygens (including phenoxy) is 1. The molecule has 2 aromatic rings. The summed E-state index contributed by atoms with van der Waals surface area (Å²) in [7, 11) is 0. The van der Waals surface area contributed by atoms with Crippen LogP contribution >= 0.6 is 15.9 Å². The molecule has 0 aliphatic heterocycles. The molecule has 0 heterocycles. The zero-order chi connectivity index (χ0) is 15.6. The van der Waals surface area contributed by atoms with E-state index in [1.165, 1.54) is 12.1 Å². The van der Waals surface area contributed by atoms with E-state index in [4.69, 9.17) is 10.00 Å². The Hall–Kier alpha value is -2.53. The Labute approximate surface area is 125 Å². The predicted octanol–water partition coefficient (Wildman–Crippen LogP) is 4.30. The average Bonchev–Trinajstić information content (AvgIpc) is 2.44. The van der Waals surface area contributed by atoms with Gasteiger partial charge in [-0.15, -0.1) is 0 Å². The van der Waals surface area contributed by atoms with Crippen molar-refractivity contribution in [1.29, 1.82) is 5.26 Å². The van der Waals surface area contributed by atoms with Crippen LogP contribution in [0.1, 0.15) is 5.56 Å². The van der Waals surface area contributed by atoms with Crippen LogP contribution in [0.25, 0.3) is 0 Å². The molecule has 0 aromatic heterocycles. The van der Waals surface area contributed by atoms with Crippen molar-refractivity contribution in [2.24, 2.45) is 0 Å². The maximum absolute atomic E-state index is 13.7. The summed E-state index contributed by atoms with van der Waals surface area (Å²) in [5.41, 5.74) is -0.488. The third-order valence-electron chi connectivity index (χ3n) is 2.47. The molecule has 106 valence electrons. The third kappa shape index (κ3) is 3.14. The molecule has 8 heteroatoms. The summed E-state index contributed by atoms with van der Waals surface area (Å²) in [4.78, 5) is 10.0. The maximum Gasteiger partial charge on any atom is 0.273 e. The van der Waals surface area contributed by atoms with Crippen molar-refractivity contribution in [1.82, 2.24) is 0 Å². The summed E-state index contributed by atoms with van der Waals surface area (Å²) in [6.45, 7) is 0. The van der Waals surface area contributed by atoms with E-state index in [-0.39, 0.29) is 21.5 Å². The van der Waals surface area contributed by atoms with E-state index in [9.17, 15) is 18.9 Å². The van der Waals surface area contributed by atoms with Crippen LogP contribution in [0.2, 0.25) is 0 Å². The number of non-ortho nitro benzene ring substituents is 1. The van der Waals surface area contributed by atoms with E-state index in [2.05, 4.69) is 15.9 Å². The van der Waals surface area contributed by atoms with Crippen LogP contribution < -0.4 is 4.74 Å². The van der Waals surface area contributed by atoms with Gasteiger partial charge in [-0.25, -0.2) is 8.78 Å². The number of nitro groups is 1. The Morgan fingerprint density at radius 2 is 1.86 bits per heavy atom. The normalized spacial score (nSPS) is 10.0. The molecule has 0 radical (unpaired) electrons. The molecule has 21 heavy (non-hydrogen) atoms. The molecule has 0 bridgehead atoms. The van der Waals surface area contributed by atoms with Crippen LogP contribution in [0.15, 0.2) is 34.8 Å². The van der Waals surface area contributed by atoms with Gasteiger partial charge in [0.2, 0.25) is 0 Å². The van der Waals surface area contributed by atoms with E-state index >= 15 is 0 Å². The first kappa shape index (κ1) is 14.9. The molecular weight excluding hydrogens is 350 g/mol. The molecule has 0 spiro atoms. The van der Waals surface area contributed by atoms with Gasteiger partial charge in [0.15, 0.2) is 17.4 Å². The third-order valence-corrected chi connectivity index (χ3v) is 3.12. The predicted molar refractivity (Wildman–Crippen MR) is 71.9 cm³/mol. The first-order valence-corrected chi connectivity index (χ1v) is 6.22. The number of hydrogen-bond acceptors (Lipinski definition) is 4. The zero-order valence-corrected chi connectivity index (χ0v) is 11.7. The summed E-state index contributed by atoms with van der Waals surface area (Å²) in [5, 5.41) is 19.3. The molecule has 2 rings (SSSR count). The maximum atomic E-state index is 13.7. The molecule has 0 aliphatic rings. The van der Waals surface area contributed by atoms with Crippen molar-refractivity contribution < 1.29 is 18.4 Å². The Morgan fingerprint density at radius 1 is 1.24 bits per heavy atom. The minimum atomic E-state index is -1.08. The SMILES string of the molecule is N#Cc1cc(F)c(Oc2cc([N+](=O)[O-])ccc2Br)c(F)c1. The molecule has 0 aliphatic carbocycles. The van der Waals surface area contributed by atoms with Gasteiger partial charge < -0.3 is 4.74 Å². The van der Waals surface area contributed by atoms with Gasteiger partial charge >= 0.3 is 0 Å². The van der Waals surface area contributed by atoms with Gasteiger partial charge in [0, 0.05) is 6.07 Å². The van der Waals surface area contributed by atoms with Gasteiger partial charge in [0.1, 0.15) is 5.75 Å². The smallest absolute Gasteiger partial charge is 0.273 e. The summed E-state index contributed by atoms with van der Waals surface area (Å²) >= 11 is 3.07. The molecule has 0 atom stereocenters.